The maximum atomic E-state index is 13.3. The molecule has 3 aromatic rings. The number of aryl methyl sites for hydroxylation is 1. The largest absolute Gasteiger partial charge is 0.488 e. The number of ether oxygens (including phenoxy) is 1. The SMILES string of the molecule is CCCN(C(=O)c1cc2c(s1)-c1c(C)cccc1OC2)c1cccc(Cl)c1. The first-order chi connectivity index (χ1) is 13.1. The number of nitrogens with zero attached hydrogens (tertiary/aromatic N) is 1. The third-order valence-electron chi connectivity index (χ3n) is 4.68. The highest BCUT2D eigenvalue weighted by molar-refractivity contribution is 7.17. The Morgan fingerprint density at radius 3 is 2.81 bits per heavy atom. The van der Waals surface area contributed by atoms with Gasteiger partial charge in [0.2, 0.25) is 0 Å². The lowest BCUT2D eigenvalue weighted by Gasteiger charge is -2.21. The molecule has 1 aliphatic heterocycles. The smallest absolute Gasteiger partial charge is 0.268 e. The van der Waals surface area contributed by atoms with Crippen LogP contribution in [0, 0.1) is 6.92 Å². The first-order valence-corrected chi connectivity index (χ1v) is 10.2. The van der Waals surface area contributed by atoms with Crippen molar-refractivity contribution in [3.05, 3.63) is 69.6 Å². The van der Waals surface area contributed by atoms with E-state index in [9.17, 15) is 4.79 Å². The molecule has 4 rings (SSSR count). The van der Waals surface area contributed by atoms with Crippen LogP contribution in [0.25, 0.3) is 10.4 Å². The van der Waals surface area contributed by atoms with Gasteiger partial charge in [-0.3, -0.25) is 4.79 Å². The van der Waals surface area contributed by atoms with Crippen molar-refractivity contribution < 1.29 is 9.53 Å². The molecule has 0 saturated carbocycles. The fourth-order valence-corrected chi connectivity index (χ4v) is 4.82. The van der Waals surface area contributed by atoms with Crippen LogP contribution in [0.15, 0.2) is 48.5 Å². The molecule has 1 amide bonds. The molecule has 0 spiro atoms. The van der Waals surface area contributed by atoms with Crippen molar-refractivity contribution in [1.82, 2.24) is 0 Å². The molecule has 0 unspecified atom stereocenters. The summed E-state index contributed by atoms with van der Waals surface area (Å²) in [6.07, 6.45) is 0.869. The quantitative estimate of drug-likeness (QED) is 0.515. The van der Waals surface area contributed by atoms with E-state index < -0.39 is 0 Å². The Bertz CT molecular complexity index is 1010. The van der Waals surface area contributed by atoms with E-state index in [1.54, 1.807) is 11.3 Å². The zero-order chi connectivity index (χ0) is 19.0. The second-order valence-electron chi connectivity index (χ2n) is 6.64. The number of carbonyl (C=O) groups is 1. The summed E-state index contributed by atoms with van der Waals surface area (Å²) in [7, 11) is 0. The topological polar surface area (TPSA) is 29.5 Å². The summed E-state index contributed by atoms with van der Waals surface area (Å²) in [6, 6.07) is 15.5. The van der Waals surface area contributed by atoms with E-state index in [1.165, 1.54) is 0 Å². The van der Waals surface area contributed by atoms with Crippen LogP contribution >= 0.6 is 22.9 Å². The lowest BCUT2D eigenvalue weighted by molar-refractivity contribution is 0.0990. The van der Waals surface area contributed by atoms with Gasteiger partial charge in [0.05, 0.1) is 4.88 Å². The van der Waals surface area contributed by atoms with Crippen LogP contribution in [0.3, 0.4) is 0 Å². The van der Waals surface area contributed by atoms with E-state index in [1.807, 2.05) is 47.4 Å². The Kier molecular flexibility index (Phi) is 4.94. The maximum Gasteiger partial charge on any atom is 0.268 e. The first kappa shape index (κ1) is 18.1. The number of amides is 1. The highest BCUT2D eigenvalue weighted by Gasteiger charge is 2.26. The molecule has 0 aliphatic carbocycles. The van der Waals surface area contributed by atoms with E-state index in [4.69, 9.17) is 16.3 Å². The second kappa shape index (κ2) is 7.37. The van der Waals surface area contributed by atoms with Gasteiger partial charge >= 0.3 is 0 Å². The summed E-state index contributed by atoms with van der Waals surface area (Å²) >= 11 is 7.69. The van der Waals surface area contributed by atoms with Gasteiger partial charge in [-0.25, -0.2) is 0 Å². The van der Waals surface area contributed by atoms with Crippen molar-refractivity contribution in [3.8, 4) is 16.2 Å². The molecule has 2 heterocycles. The van der Waals surface area contributed by atoms with Crippen molar-refractivity contribution in [2.45, 2.75) is 26.9 Å². The lowest BCUT2D eigenvalue weighted by atomic mass is 10.0. The number of rotatable bonds is 4. The van der Waals surface area contributed by atoms with Gasteiger partial charge in [0.25, 0.3) is 5.91 Å². The molecular formula is C22H20ClNO2S. The molecule has 27 heavy (non-hydrogen) atoms. The molecule has 5 heteroatoms. The standard InChI is InChI=1S/C22H20ClNO2S/c1-3-10-24(17-8-5-7-16(23)12-17)22(25)19-11-15-13-26-18-9-4-6-14(2)20(18)21(15)27-19/h4-9,11-12H,3,10,13H2,1-2H3. The summed E-state index contributed by atoms with van der Waals surface area (Å²) in [5.74, 6) is 0.900. The van der Waals surface area contributed by atoms with Crippen molar-refractivity contribution in [1.29, 1.82) is 0 Å². The maximum absolute atomic E-state index is 13.3. The minimum atomic E-state index is 0.00801. The molecule has 0 fully saturated rings. The number of carbonyl (C=O) groups excluding carboxylic acids is 1. The van der Waals surface area contributed by atoms with Crippen LogP contribution in [-0.2, 0) is 6.61 Å². The minimum Gasteiger partial charge on any atom is -0.488 e. The van der Waals surface area contributed by atoms with Crippen LogP contribution in [0.1, 0.15) is 34.1 Å². The predicted molar refractivity (Wildman–Crippen MR) is 112 cm³/mol. The average molecular weight is 398 g/mol. The van der Waals surface area contributed by atoms with Crippen LogP contribution in [0.5, 0.6) is 5.75 Å². The molecule has 0 saturated heterocycles. The van der Waals surface area contributed by atoms with Crippen LogP contribution < -0.4 is 9.64 Å². The van der Waals surface area contributed by atoms with Gasteiger partial charge in [0.15, 0.2) is 0 Å². The number of thiophene rings is 1. The van der Waals surface area contributed by atoms with E-state index in [-0.39, 0.29) is 5.91 Å². The Balaban J connectivity index is 1.74. The van der Waals surface area contributed by atoms with E-state index in [0.29, 0.717) is 18.2 Å². The van der Waals surface area contributed by atoms with Crippen LogP contribution in [-0.4, -0.2) is 12.5 Å². The molecule has 138 valence electrons. The summed E-state index contributed by atoms with van der Waals surface area (Å²) in [5.41, 5.74) is 4.17. The van der Waals surface area contributed by atoms with Crippen molar-refractivity contribution in [2.75, 3.05) is 11.4 Å². The molecule has 1 aliphatic rings. The fraction of sp³-hybridized carbons (Fsp3) is 0.227. The number of anilines is 1. The monoisotopic (exact) mass is 397 g/mol. The molecule has 0 atom stereocenters. The van der Waals surface area contributed by atoms with E-state index in [2.05, 4.69) is 19.9 Å². The molecule has 1 aromatic heterocycles. The Labute approximate surface area is 168 Å². The normalized spacial score (nSPS) is 12.1. The zero-order valence-electron chi connectivity index (χ0n) is 15.3. The minimum absolute atomic E-state index is 0.00801. The van der Waals surface area contributed by atoms with Gasteiger partial charge in [0, 0.05) is 33.3 Å². The Hall–Kier alpha value is -2.30. The summed E-state index contributed by atoms with van der Waals surface area (Å²) < 4.78 is 5.90. The molecule has 3 nitrogen and oxygen atoms in total. The van der Waals surface area contributed by atoms with Gasteiger partial charge < -0.3 is 9.64 Å². The number of benzene rings is 2. The third kappa shape index (κ3) is 3.35. The van der Waals surface area contributed by atoms with Crippen molar-refractivity contribution >= 4 is 34.5 Å². The average Bonchev–Trinajstić information content (AvgIpc) is 3.10. The first-order valence-electron chi connectivity index (χ1n) is 9.01. The van der Waals surface area contributed by atoms with E-state index in [0.717, 1.165) is 44.3 Å². The number of halogens is 1. The number of hydrogen-bond donors (Lipinski definition) is 0. The van der Waals surface area contributed by atoms with Gasteiger partial charge in [-0.15, -0.1) is 11.3 Å². The lowest BCUT2D eigenvalue weighted by Crippen LogP contribution is -2.31. The highest BCUT2D eigenvalue weighted by Crippen LogP contribution is 2.44. The molecule has 0 N–H and O–H groups in total. The zero-order valence-corrected chi connectivity index (χ0v) is 16.9. The number of hydrogen-bond acceptors (Lipinski definition) is 3. The van der Waals surface area contributed by atoms with E-state index >= 15 is 0 Å². The van der Waals surface area contributed by atoms with Crippen molar-refractivity contribution in [3.63, 3.8) is 0 Å². The molecule has 0 radical (unpaired) electrons. The van der Waals surface area contributed by atoms with Crippen molar-refractivity contribution in [2.24, 2.45) is 0 Å². The molecule has 0 bridgehead atoms. The fourth-order valence-electron chi connectivity index (χ4n) is 3.41. The van der Waals surface area contributed by atoms with Gasteiger partial charge in [0.1, 0.15) is 12.4 Å². The second-order valence-corrected chi connectivity index (χ2v) is 8.13. The predicted octanol–water partition coefficient (Wildman–Crippen LogP) is 6.33. The van der Waals surface area contributed by atoms with Crippen LogP contribution in [0.4, 0.5) is 5.69 Å². The Morgan fingerprint density at radius 1 is 1.22 bits per heavy atom. The van der Waals surface area contributed by atoms with Gasteiger partial charge in [-0.2, -0.15) is 0 Å². The summed E-state index contributed by atoms with van der Waals surface area (Å²) in [6.45, 7) is 5.29. The summed E-state index contributed by atoms with van der Waals surface area (Å²) in [4.78, 5) is 17.0. The van der Waals surface area contributed by atoms with Gasteiger partial charge in [-0.1, -0.05) is 36.7 Å². The van der Waals surface area contributed by atoms with Gasteiger partial charge in [-0.05, 0) is 49.2 Å². The van der Waals surface area contributed by atoms with Crippen LogP contribution in [0.2, 0.25) is 5.02 Å². The molecular weight excluding hydrogens is 378 g/mol. The third-order valence-corrected chi connectivity index (χ3v) is 6.09. The summed E-state index contributed by atoms with van der Waals surface area (Å²) in [5, 5.41) is 0.629. The number of fused-ring (bicyclic) bond motifs is 3. The highest BCUT2D eigenvalue weighted by atomic mass is 35.5. The molecule has 2 aromatic carbocycles. The Morgan fingerprint density at radius 2 is 2.04 bits per heavy atom.